The Morgan fingerprint density at radius 2 is 1.95 bits per heavy atom. The maximum atomic E-state index is 11.8. The molecule has 1 fully saturated rings. The number of ether oxygens (including phenoxy) is 1. The fourth-order valence-electron chi connectivity index (χ4n) is 2.22. The Morgan fingerprint density at radius 3 is 2.45 bits per heavy atom. The van der Waals surface area contributed by atoms with E-state index in [0.717, 1.165) is 12.8 Å². The van der Waals surface area contributed by atoms with E-state index in [4.69, 9.17) is 10.5 Å². The minimum Gasteiger partial charge on any atom is -0.375 e. The van der Waals surface area contributed by atoms with Crippen LogP contribution in [0.2, 0.25) is 0 Å². The average molecular weight is 285 g/mol. The number of hydrogen-bond acceptors (Lipinski definition) is 4. The number of methoxy groups -OCH3 is 1. The van der Waals surface area contributed by atoms with Gasteiger partial charge in [-0.05, 0) is 33.1 Å². The van der Waals surface area contributed by atoms with Crippen molar-refractivity contribution in [1.29, 1.82) is 0 Å². The predicted octanol–water partition coefficient (Wildman–Crippen LogP) is 0.258. The van der Waals surface area contributed by atoms with Gasteiger partial charge >= 0.3 is 0 Å². The third-order valence-electron chi connectivity index (χ3n) is 3.48. The molecule has 0 radical (unpaired) electrons. The summed E-state index contributed by atoms with van der Waals surface area (Å²) in [5, 5.41) is 3.02. The van der Waals surface area contributed by atoms with Crippen molar-refractivity contribution in [2.24, 2.45) is 5.73 Å². The first-order valence-electron chi connectivity index (χ1n) is 7.17. The van der Waals surface area contributed by atoms with Crippen LogP contribution in [0.4, 0.5) is 0 Å². The van der Waals surface area contributed by atoms with Gasteiger partial charge in [0.15, 0.2) is 0 Å². The molecule has 0 aromatic heterocycles. The fraction of sp³-hybridized carbons (Fsp3) is 0.857. The quantitative estimate of drug-likeness (QED) is 0.733. The number of rotatable bonds is 6. The Kier molecular flexibility index (Phi) is 6.42. The zero-order valence-electron chi connectivity index (χ0n) is 12.8. The van der Waals surface area contributed by atoms with Gasteiger partial charge in [-0.25, -0.2) is 0 Å². The minimum absolute atomic E-state index is 0.0159. The van der Waals surface area contributed by atoms with Crippen LogP contribution in [0.1, 0.15) is 39.5 Å². The molecule has 1 heterocycles. The minimum atomic E-state index is -0.312. The zero-order valence-corrected chi connectivity index (χ0v) is 12.8. The van der Waals surface area contributed by atoms with E-state index in [0.29, 0.717) is 25.9 Å². The largest absolute Gasteiger partial charge is 0.375 e. The number of piperidine rings is 1. The van der Waals surface area contributed by atoms with Crippen molar-refractivity contribution in [3.63, 3.8) is 0 Å². The van der Waals surface area contributed by atoms with Crippen molar-refractivity contribution >= 4 is 11.8 Å². The van der Waals surface area contributed by atoms with Gasteiger partial charge in [0.05, 0.1) is 0 Å². The second-order valence-electron chi connectivity index (χ2n) is 6.14. The lowest BCUT2D eigenvalue weighted by Crippen LogP contribution is -2.47. The van der Waals surface area contributed by atoms with Crippen LogP contribution in [0.15, 0.2) is 0 Å². The second-order valence-corrected chi connectivity index (χ2v) is 6.14. The highest BCUT2D eigenvalue weighted by Crippen LogP contribution is 2.12. The predicted molar refractivity (Wildman–Crippen MR) is 77.1 cm³/mol. The van der Waals surface area contributed by atoms with Gasteiger partial charge in [0, 0.05) is 38.2 Å². The lowest BCUT2D eigenvalue weighted by Gasteiger charge is -2.32. The molecule has 0 atom stereocenters. The molecule has 1 aliphatic rings. The third kappa shape index (κ3) is 6.34. The summed E-state index contributed by atoms with van der Waals surface area (Å²) >= 11 is 0. The van der Waals surface area contributed by atoms with Crippen molar-refractivity contribution in [2.75, 3.05) is 26.8 Å². The highest BCUT2D eigenvalue weighted by Gasteiger charge is 2.24. The molecule has 2 amide bonds. The molecule has 0 spiro atoms. The summed E-state index contributed by atoms with van der Waals surface area (Å²) in [5.41, 5.74) is 5.55. The van der Waals surface area contributed by atoms with Crippen LogP contribution in [0, 0.1) is 0 Å². The number of likely N-dealkylation sites (tertiary alicyclic amines) is 1. The van der Waals surface area contributed by atoms with Gasteiger partial charge < -0.3 is 20.7 Å². The van der Waals surface area contributed by atoms with Crippen molar-refractivity contribution in [2.45, 2.75) is 51.1 Å². The van der Waals surface area contributed by atoms with Crippen molar-refractivity contribution in [3.05, 3.63) is 0 Å². The summed E-state index contributed by atoms with van der Waals surface area (Å²) in [5.74, 6) is 0.0624. The summed E-state index contributed by atoms with van der Waals surface area (Å²) in [6.07, 6.45) is 2.72. The van der Waals surface area contributed by atoms with Gasteiger partial charge in [-0.2, -0.15) is 0 Å². The van der Waals surface area contributed by atoms with Crippen LogP contribution in [0.5, 0.6) is 0 Å². The molecule has 0 aromatic rings. The highest BCUT2D eigenvalue weighted by atomic mass is 16.5. The average Bonchev–Trinajstić information content (AvgIpc) is 2.37. The van der Waals surface area contributed by atoms with Crippen LogP contribution in [-0.4, -0.2) is 55.1 Å². The third-order valence-corrected chi connectivity index (χ3v) is 3.48. The first-order valence-corrected chi connectivity index (χ1v) is 7.17. The summed E-state index contributed by atoms with van der Waals surface area (Å²) < 4.78 is 4.84. The molecule has 0 aromatic carbocycles. The lowest BCUT2D eigenvalue weighted by atomic mass is 9.99. The van der Waals surface area contributed by atoms with Gasteiger partial charge in [-0.15, -0.1) is 0 Å². The summed E-state index contributed by atoms with van der Waals surface area (Å²) in [6, 6.07) is 0.162. The zero-order chi connectivity index (χ0) is 15.2. The standard InChI is InChI=1S/C14H27N3O3/c1-14(2,15)7-4-12(18)16-11-5-8-17(9-6-11)13(19)10-20-3/h11H,4-10,15H2,1-3H3,(H,16,18). The van der Waals surface area contributed by atoms with E-state index in [9.17, 15) is 9.59 Å². The first kappa shape index (κ1) is 16.9. The van der Waals surface area contributed by atoms with E-state index >= 15 is 0 Å². The fourth-order valence-corrected chi connectivity index (χ4v) is 2.22. The van der Waals surface area contributed by atoms with E-state index in [1.54, 1.807) is 4.90 Å². The molecule has 1 rings (SSSR count). The van der Waals surface area contributed by atoms with Crippen LogP contribution in [0.25, 0.3) is 0 Å². The molecule has 1 saturated heterocycles. The van der Waals surface area contributed by atoms with Crippen LogP contribution in [-0.2, 0) is 14.3 Å². The molecular weight excluding hydrogens is 258 g/mol. The summed E-state index contributed by atoms with van der Waals surface area (Å²) in [7, 11) is 1.52. The molecule has 6 nitrogen and oxygen atoms in total. The molecule has 0 saturated carbocycles. The molecule has 3 N–H and O–H groups in total. The number of carbonyl (C=O) groups excluding carboxylic acids is 2. The number of carbonyl (C=O) groups is 2. The maximum Gasteiger partial charge on any atom is 0.248 e. The Morgan fingerprint density at radius 1 is 1.35 bits per heavy atom. The maximum absolute atomic E-state index is 11.8. The molecule has 1 aliphatic heterocycles. The molecule has 6 heteroatoms. The Bertz CT molecular complexity index is 331. The smallest absolute Gasteiger partial charge is 0.248 e. The summed E-state index contributed by atoms with van der Waals surface area (Å²) in [6.45, 7) is 5.31. The van der Waals surface area contributed by atoms with E-state index in [1.807, 2.05) is 13.8 Å². The van der Waals surface area contributed by atoms with Gasteiger partial charge in [0.2, 0.25) is 11.8 Å². The number of amides is 2. The first-order chi connectivity index (χ1) is 9.31. The molecule has 0 unspecified atom stereocenters. The van der Waals surface area contributed by atoms with Gasteiger partial charge in [0.1, 0.15) is 6.61 Å². The van der Waals surface area contributed by atoms with E-state index in [-0.39, 0.29) is 30.0 Å². The number of nitrogens with two attached hydrogens (primary N) is 1. The number of nitrogens with zero attached hydrogens (tertiary/aromatic N) is 1. The second kappa shape index (κ2) is 7.59. The van der Waals surface area contributed by atoms with Crippen molar-refractivity contribution in [3.8, 4) is 0 Å². The Balaban J connectivity index is 2.25. The van der Waals surface area contributed by atoms with E-state index in [2.05, 4.69) is 5.32 Å². The highest BCUT2D eigenvalue weighted by molar-refractivity contribution is 5.78. The molecule has 20 heavy (non-hydrogen) atoms. The number of hydrogen-bond donors (Lipinski definition) is 2. The molecule has 116 valence electrons. The van der Waals surface area contributed by atoms with E-state index in [1.165, 1.54) is 7.11 Å². The van der Waals surface area contributed by atoms with E-state index < -0.39 is 0 Å². The van der Waals surface area contributed by atoms with Gasteiger partial charge in [0.25, 0.3) is 0 Å². The van der Waals surface area contributed by atoms with Gasteiger partial charge in [-0.3, -0.25) is 9.59 Å². The van der Waals surface area contributed by atoms with Crippen molar-refractivity contribution < 1.29 is 14.3 Å². The lowest BCUT2D eigenvalue weighted by molar-refractivity contribution is -0.136. The van der Waals surface area contributed by atoms with Crippen LogP contribution < -0.4 is 11.1 Å². The van der Waals surface area contributed by atoms with Gasteiger partial charge in [-0.1, -0.05) is 0 Å². The molecular formula is C14H27N3O3. The monoisotopic (exact) mass is 285 g/mol. The topological polar surface area (TPSA) is 84.7 Å². The number of nitrogens with one attached hydrogen (secondary N) is 1. The normalized spacial score (nSPS) is 17.1. The Hall–Kier alpha value is -1.14. The summed E-state index contributed by atoms with van der Waals surface area (Å²) in [4.78, 5) is 25.2. The molecule has 0 aliphatic carbocycles. The van der Waals surface area contributed by atoms with Crippen molar-refractivity contribution in [1.82, 2.24) is 10.2 Å². The van der Waals surface area contributed by atoms with Crippen LogP contribution in [0.3, 0.4) is 0 Å². The van der Waals surface area contributed by atoms with Crippen LogP contribution >= 0.6 is 0 Å². The SMILES string of the molecule is COCC(=O)N1CCC(NC(=O)CCC(C)(C)N)CC1. The molecule has 0 bridgehead atoms. The Labute approximate surface area is 121 Å².